The van der Waals surface area contributed by atoms with E-state index in [1.54, 1.807) is 0 Å². The van der Waals surface area contributed by atoms with Crippen molar-refractivity contribution in [3.63, 3.8) is 0 Å². The van der Waals surface area contributed by atoms with Crippen LogP contribution in [0.4, 0.5) is 0 Å². The van der Waals surface area contributed by atoms with Crippen molar-refractivity contribution in [1.82, 2.24) is 4.98 Å². The fourth-order valence-electron chi connectivity index (χ4n) is 1.64. The largest absolute Gasteiger partial charge is 0.481 e. The van der Waals surface area contributed by atoms with Crippen LogP contribution in [0.3, 0.4) is 0 Å². The number of rotatable bonds is 3. The van der Waals surface area contributed by atoms with Gasteiger partial charge in [0.25, 0.3) is 0 Å². The van der Waals surface area contributed by atoms with Crippen LogP contribution >= 0.6 is 0 Å². The van der Waals surface area contributed by atoms with Gasteiger partial charge in [-0.15, -0.1) is 0 Å². The van der Waals surface area contributed by atoms with E-state index in [9.17, 15) is 5.11 Å². The van der Waals surface area contributed by atoms with Crippen LogP contribution in [0.25, 0.3) is 10.9 Å². The van der Waals surface area contributed by atoms with E-state index < -0.39 is 6.10 Å². The monoisotopic (exact) mass is 218 g/mol. The van der Waals surface area contributed by atoms with E-state index in [0.717, 1.165) is 10.9 Å². The summed E-state index contributed by atoms with van der Waals surface area (Å²) < 4.78 is 5.15. The number of fused-ring (bicyclic) bond motifs is 1. The highest BCUT2D eigenvalue weighted by Gasteiger charge is 2.14. The van der Waals surface area contributed by atoms with Gasteiger partial charge in [0.1, 0.15) is 0 Å². The molecule has 3 N–H and O–H groups in total. The summed E-state index contributed by atoms with van der Waals surface area (Å²) in [5, 5.41) is 10.7. The van der Waals surface area contributed by atoms with E-state index in [-0.39, 0.29) is 6.54 Å². The lowest BCUT2D eigenvalue weighted by molar-refractivity contribution is 0.181. The van der Waals surface area contributed by atoms with Crippen LogP contribution in [0.1, 0.15) is 11.7 Å². The molecule has 4 nitrogen and oxygen atoms in total. The summed E-state index contributed by atoms with van der Waals surface area (Å²) in [6, 6.07) is 9.53. The maximum absolute atomic E-state index is 9.76. The van der Waals surface area contributed by atoms with Gasteiger partial charge in [0.2, 0.25) is 5.88 Å². The molecule has 0 spiro atoms. The van der Waals surface area contributed by atoms with E-state index >= 15 is 0 Å². The second-order valence-corrected chi connectivity index (χ2v) is 3.53. The third kappa shape index (κ3) is 1.85. The van der Waals surface area contributed by atoms with Crippen molar-refractivity contribution >= 4 is 10.9 Å². The summed E-state index contributed by atoms with van der Waals surface area (Å²) in [6.07, 6.45) is -0.743. The third-order valence-electron chi connectivity index (χ3n) is 2.49. The number of aliphatic hydroxyl groups is 1. The third-order valence-corrected chi connectivity index (χ3v) is 2.49. The Kier molecular flexibility index (Phi) is 3.03. The topological polar surface area (TPSA) is 68.4 Å². The van der Waals surface area contributed by atoms with Gasteiger partial charge in [-0.2, -0.15) is 0 Å². The second kappa shape index (κ2) is 4.47. The van der Waals surface area contributed by atoms with Crippen molar-refractivity contribution in [1.29, 1.82) is 0 Å². The van der Waals surface area contributed by atoms with Gasteiger partial charge >= 0.3 is 0 Å². The Bertz CT molecular complexity index is 499. The van der Waals surface area contributed by atoms with E-state index in [4.69, 9.17) is 10.5 Å². The number of aromatic nitrogens is 1. The molecule has 2 aromatic rings. The van der Waals surface area contributed by atoms with E-state index in [0.29, 0.717) is 11.4 Å². The first-order valence-electron chi connectivity index (χ1n) is 5.08. The number of nitrogens with two attached hydrogens (primary N) is 1. The minimum Gasteiger partial charge on any atom is -0.481 e. The van der Waals surface area contributed by atoms with Gasteiger partial charge in [0.15, 0.2) is 0 Å². The van der Waals surface area contributed by atoms with Crippen molar-refractivity contribution in [2.45, 2.75) is 6.10 Å². The number of methoxy groups -OCH3 is 1. The van der Waals surface area contributed by atoms with E-state index in [1.807, 2.05) is 30.3 Å². The molecule has 84 valence electrons. The van der Waals surface area contributed by atoms with Crippen LogP contribution in [0, 0.1) is 0 Å². The number of aliphatic hydroxyl groups excluding tert-OH is 1. The fraction of sp³-hybridized carbons (Fsp3) is 0.250. The van der Waals surface area contributed by atoms with Crippen LogP contribution in [0.15, 0.2) is 30.3 Å². The van der Waals surface area contributed by atoms with Gasteiger partial charge in [-0.05, 0) is 12.1 Å². The van der Waals surface area contributed by atoms with Crippen LogP contribution in [0.5, 0.6) is 5.88 Å². The zero-order valence-electron chi connectivity index (χ0n) is 9.05. The molecular formula is C12H14N2O2. The Morgan fingerprint density at radius 2 is 2.19 bits per heavy atom. The predicted molar refractivity (Wildman–Crippen MR) is 62.3 cm³/mol. The Hall–Kier alpha value is -1.65. The number of benzene rings is 1. The van der Waals surface area contributed by atoms with Gasteiger partial charge < -0.3 is 15.6 Å². The zero-order valence-corrected chi connectivity index (χ0v) is 9.05. The second-order valence-electron chi connectivity index (χ2n) is 3.53. The Morgan fingerprint density at radius 1 is 1.44 bits per heavy atom. The molecule has 0 unspecified atom stereocenters. The van der Waals surface area contributed by atoms with Gasteiger partial charge in [-0.3, -0.25) is 0 Å². The molecule has 2 rings (SSSR count). The summed E-state index contributed by atoms with van der Waals surface area (Å²) in [6.45, 7) is 0.149. The van der Waals surface area contributed by atoms with E-state index in [2.05, 4.69) is 4.98 Å². The summed E-state index contributed by atoms with van der Waals surface area (Å²) in [5.74, 6) is 0.427. The van der Waals surface area contributed by atoms with E-state index in [1.165, 1.54) is 7.11 Å². The maximum atomic E-state index is 9.76. The summed E-state index contributed by atoms with van der Waals surface area (Å²) in [7, 11) is 1.53. The smallest absolute Gasteiger partial charge is 0.219 e. The summed E-state index contributed by atoms with van der Waals surface area (Å²) in [5.41, 5.74) is 6.91. The molecule has 0 saturated heterocycles. The molecule has 0 amide bonds. The molecule has 0 fully saturated rings. The van der Waals surface area contributed by atoms with Crippen molar-refractivity contribution < 1.29 is 9.84 Å². The molecule has 1 atom stereocenters. The Balaban J connectivity index is 2.62. The number of para-hydroxylation sites is 1. The molecule has 0 aliphatic rings. The van der Waals surface area contributed by atoms with Gasteiger partial charge in [-0.25, -0.2) is 4.98 Å². The number of nitrogens with zero attached hydrogens (tertiary/aromatic N) is 1. The molecule has 16 heavy (non-hydrogen) atoms. The number of ether oxygens (including phenoxy) is 1. The standard InChI is InChI=1S/C12H14N2O2/c1-16-12-9(11(15)7-13)6-8-4-2-3-5-10(8)14-12/h2-6,11,15H,7,13H2,1H3/t11-/m1/s1. The Morgan fingerprint density at radius 3 is 2.88 bits per heavy atom. The lowest BCUT2D eigenvalue weighted by Crippen LogP contribution is -2.13. The first-order chi connectivity index (χ1) is 7.76. The van der Waals surface area contributed by atoms with Gasteiger partial charge in [0.05, 0.1) is 18.7 Å². The first kappa shape index (κ1) is 10.9. The molecule has 1 aromatic heterocycles. The SMILES string of the molecule is COc1nc2ccccc2cc1[C@H](O)CN. The molecule has 1 aromatic carbocycles. The van der Waals surface area contributed by atoms with Crippen molar-refractivity contribution in [3.05, 3.63) is 35.9 Å². The zero-order chi connectivity index (χ0) is 11.5. The maximum Gasteiger partial charge on any atom is 0.219 e. The summed E-state index contributed by atoms with van der Waals surface area (Å²) >= 11 is 0. The van der Waals surface area contributed by atoms with Crippen LogP contribution in [-0.4, -0.2) is 23.7 Å². The minimum absolute atomic E-state index is 0.149. The van der Waals surface area contributed by atoms with Crippen LogP contribution < -0.4 is 10.5 Å². The van der Waals surface area contributed by atoms with Crippen LogP contribution in [0.2, 0.25) is 0 Å². The van der Waals surface area contributed by atoms with Gasteiger partial charge in [-0.1, -0.05) is 18.2 Å². The highest BCUT2D eigenvalue weighted by molar-refractivity contribution is 5.80. The van der Waals surface area contributed by atoms with Gasteiger partial charge in [0, 0.05) is 17.5 Å². The Labute approximate surface area is 93.7 Å². The lowest BCUT2D eigenvalue weighted by atomic mass is 10.1. The summed E-state index contributed by atoms with van der Waals surface area (Å²) in [4.78, 5) is 4.32. The molecule has 0 saturated carbocycles. The van der Waals surface area contributed by atoms with Crippen LogP contribution in [-0.2, 0) is 0 Å². The average Bonchev–Trinajstić information content (AvgIpc) is 2.36. The molecule has 0 bridgehead atoms. The highest BCUT2D eigenvalue weighted by Crippen LogP contribution is 2.26. The quantitative estimate of drug-likeness (QED) is 0.813. The number of hydrogen-bond acceptors (Lipinski definition) is 4. The minimum atomic E-state index is -0.743. The van der Waals surface area contributed by atoms with Crippen molar-refractivity contribution in [3.8, 4) is 5.88 Å². The highest BCUT2D eigenvalue weighted by atomic mass is 16.5. The molecule has 0 aliphatic carbocycles. The predicted octanol–water partition coefficient (Wildman–Crippen LogP) is 1.24. The molecule has 1 heterocycles. The van der Waals surface area contributed by atoms with Crippen molar-refractivity contribution in [2.24, 2.45) is 5.73 Å². The van der Waals surface area contributed by atoms with Crippen molar-refractivity contribution in [2.75, 3.05) is 13.7 Å². The molecular weight excluding hydrogens is 204 g/mol. The number of pyridine rings is 1. The lowest BCUT2D eigenvalue weighted by Gasteiger charge is -2.13. The number of hydrogen-bond donors (Lipinski definition) is 2. The molecule has 4 heteroatoms. The molecule has 0 aliphatic heterocycles. The normalized spacial score (nSPS) is 12.7. The average molecular weight is 218 g/mol. The fourth-order valence-corrected chi connectivity index (χ4v) is 1.64. The molecule has 0 radical (unpaired) electrons. The first-order valence-corrected chi connectivity index (χ1v) is 5.08.